The van der Waals surface area contributed by atoms with Gasteiger partial charge in [0.15, 0.2) is 0 Å². The number of carbonyl (C=O) groups excluding carboxylic acids is 3. The standard InChI is InChI=1S/C34H36O8/c1-3-32(35)41-25-9-8-24-40-29-17-15-27(16-18-29)26-11-13-28(14-12-26)34(37)42-31-21-19-30(20-22-31)39-23-7-5-6-10-33(36)38-4-2/h3-4,11-22H,1-2,5-10,23-25H2. The van der Waals surface area contributed by atoms with Gasteiger partial charge < -0.3 is 23.7 Å². The van der Waals surface area contributed by atoms with Crippen LogP contribution in [0.1, 0.15) is 48.9 Å². The Morgan fingerprint density at radius 3 is 1.74 bits per heavy atom. The van der Waals surface area contributed by atoms with Crippen molar-refractivity contribution in [1.29, 1.82) is 0 Å². The number of esters is 3. The second kappa shape index (κ2) is 17.8. The Morgan fingerprint density at radius 1 is 0.619 bits per heavy atom. The van der Waals surface area contributed by atoms with Crippen LogP contribution in [0.3, 0.4) is 0 Å². The van der Waals surface area contributed by atoms with Crippen molar-refractivity contribution >= 4 is 17.9 Å². The van der Waals surface area contributed by atoms with Crippen LogP contribution >= 0.6 is 0 Å². The lowest BCUT2D eigenvalue weighted by Gasteiger charge is -2.09. The molecule has 42 heavy (non-hydrogen) atoms. The lowest BCUT2D eigenvalue weighted by Crippen LogP contribution is -2.08. The van der Waals surface area contributed by atoms with Crippen LogP contribution in [-0.4, -0.2) is 37.7 Å². The first-order chi connectivity index (χ1) is 20.5. The minimum absolute atomic E-state index is 0.278. The fraction of sp³-hybridized carbons (Fsp3) is 0.265. The summed E-state index contributed by atoms with van der Waals surface area (Å²) in [5.41, 5.74) is 2.39. The molecule has 0 aliphatic rings. The van der Waals surface area contributed by atoms with Crippen molar-refractivity contribution in [2.24, 2.45) is 0 Å². The lowest BCUT2D eigenvalue weighted by molar-refractivity contribution is -0.138. The maximum Gasteiger partial charge on any atom is 0.343 e. The van der Waals surface area contributed by atoms with Crippen LogP contribution in [-0.2, 0) is 19.1 Å². The van der Waals surface area contributed by atoms with Gasteiger partial charge in [0.1, 0.15) is 17.2 Å². The van der Waals surface area contributed by atoms with Crippen molar-refractivity contribution in [3.8, 4) is 28.4 Å². The molecule has 0 aliphatic carbocycles. The van der Waals surface area contributed by atoms with Gasteiger partial charge in [-0.25, -0.2) is 9.59 Å². The van der Waals surface area contributed by atoms with Crippen LogP contribution < -0.4 is 14.2 Å². The largest absolute Gasteiger partial charge is 0.494 e. The molecule has 0 aliphatic heterocycles. The zero-order chi connectivity index (χ0) is 30.0. The highest BCUT2D eigenvalue weighted by Gasteiger charge is 2.10. The van der Waals surface area contributed by atoms with Crippen LogP contribution in [0.4, 0.5) is 0 Å². The summed E-state index contributed by atoms with van der Waals surface area (Å²) >= 11 is 0. The van der Waals surface area contributed by atoms with Gasteiger partial charge >= 0.3 is 17.9 Å². The minimum atomic E-state index is -0.451. The van der Waals surface area contributed by atoms with Gasteiger partial charge in [0.25, 0.3) is 0 Å². The monoisotopic (exact) mass is 572 g/mol. The van der Waals surface area contributed by atoms with E-state index in [1.807, 2.05) is 36.4 Å². The van der Waals surface area contributed by atoms with E-state index in [2.05, 4.69) is 17.9 Å². The molecule has 3 rings (SSSR count). The van der Waals surface area contributed by atoms with E-state index in [1.54, 1.807) is 36.4 Å². The van der Waals surface area contributed by atoms with Crippen LogP contribution in [0, 0.1) is 0 Å². The average Bonchev–Trinajstić information content (AvgIpc) is 3.01. The zero-order valence-electron chi connectivity index (χ0n) is 23.6. The molecule has 0 bridgehead atoms. The molecule has 220 valence electrons. The third-order valence-corrected chi connectivity index (χ3v) is 6.07. The first-order valence-electron chi connectivity index (χ1n) is 13.9. The van der Waals surface area contributed by atoms with Crippen LogP contribution in [0.2, 0.25) is 0 Å². The third kappa shape index (κ3) is 11.3. The number of carbonyl (C=O) groups is 3. The van der Waals surface area contributed by atoms with Crippen molar-refractivity contribution in [2.45, 2.75) is 38.5 Å². The van der Waals surface area contributed by atoms with E-state index in [1.165, 1.54) is 0 Å². The van der Waals surface area contributed by atoms with E-state index < -0.39 is 11.9 Å². The van der Waals surface area contributed by atoms with Crippen molar-refractivity contribution in [3.63, 3.8) is 0 Å². The second-order valence-corrected chi connectivity index (χ2v) is 9.21. The Balaban J connectivity index is 1.38. The summed E-state index contributed by atoms with van der Waals surface area (Å²) in [6, 6.07) is 21.8. The molecular formula is C34H36O8. The second-order valence-electron chi connectivity index (χ2n) is 9.21. The molecule has 0 atom stereocenters. The molecular weight excluding hydrogens is 536 g/mol. The topological polar surface area (TPSA) is 97.4 Å². The van der Waals surface area contributed by atoms with Gasteiger partial charge in [-0.05, 0) is 91.8 Å². The van der Waals surface area contributed by atoms with E-state index in [4.69, 9.17) is 18.9 Å². The molecule has 0 radical (unpaired) electrons. The van der Waals surface area contributed by atoms with E-state index >= 15 is 0 Å². The van der Waals surface area contributed by atoms with E-state index in [0.29, 0.717) is 49.7 Å². The van der Waals surface area contributed by atoms with E-state index in [9.17, 15) is 14.4 Å². The number of hydrogen-bond acceptors (Lipinski definition) is 8. The first kappa shape index (κ1) is 31.7. The van der Waals surface area contributed by atoms with Crippen LogP contribution in [0.15, 0.2) is 98.3 Å². The Morgan fingerprint density at radius 2 is 1.14 bits per heavy atom. The van der Waals surface area contributed by atoms with Crippen LogP contribution in [0.5, 0.6) is 17.2 Å². The average molecular weight is 573 g/mol. The lowest BCUT2D eigenvalue weighted by atomic mass is 10.0. The molecule has 0 heterocycles. The quantitative estimate of drug-likeness (QED) is 0.0524. The summed E-state index contributed by atoms with van der Waals surface area (Å²) in [7, 11) is 0. The summed E-state index contributed by atoms with van der Waals surface area (Å²) in [5, 5.41) is 0. The van der Waals surface area contributed by atoms with Gasteiger partial charge in [-0.15, -0.1) is 0 Å². The molecule has 3 aromatic rings. The zero-order valence-corrected chi connectivity index (χ0v) is 23.6. The number of benzene rings is 3. The highest BCUT2D eigenvalue weighted by Crippen LogP contribution is 2.24. The van der Waals surface area contributed by atoms with Gasteiger partial charge in [-0.1, -0.05) is 37.4 Å². The van der Waals surface area contributed by atoms with E-state index in [0.717, 1.165) is 54.9 Å². The van der Waals surface area contributed by atoms with Crippen molar-refractivity contribution in [3.05, 3.63) is 104 Å². The summed E-state index contributed by atoms with van der Waals surface area (Å²) < 4.78 is 26.6. The van der Waals surface area contributed by atoms with Crippen molar-refractivity contribution in [2.75, 3.05) is 19.8 Å². The molecule has 0 aromatic heterocycles. The van der Waals surface area contributed by atoms with Crippen molar-refractivity contribution in [1.82, 2.24) is 0 Å². The molecule has 0 saturated heterocycles. The van der Waals surface area contributed by atoms with Gasteiger partial charge in [0.2, 0.25) is 0 Å². The van der Waals surface area contributed by atoms with Crippen LogP contribution in [0.25, 0.3) is 11.1 Å². The molecule has 0 fully saturated rings. The molecule has 0 saturated carbocycles. The SMILES string of the molecule is C=COC(=O)CCCCCOc1ccc(OC(=O)c2ccc(-c3ccc(OCCCCOC(=O)C=C)cc3)cc2)cc1. The highest BCUT2D eigenvalue weighted by atomic mass is 16.5. The smallest absolute Gasteiger partial charge is 0.343 e. The maximum atomic E-state index is 12.6. The fourth-order valence-corrected chi connectivity index (χ4v) is 3.83. The molecule has 0 amide bonds. The predicted molar refractivity (Wildman–Crippen MR) is 159 cm³/mol. The normalized spacial score (nSPS) is 10.3. The Kier molecular flexibility index (Phi) is 13.4. The maximum absolute atomic E-state index is 12.6. The molecule has 0 N–H and O–H groups in total. The summed E-state index contributed by atoms with van der Waals surface area (Å²) in [6.45, 7) is 8.11. The third-order valence-electron chi connectivity index (χ3n) is 6.07. The summed E-state index contributed by atoms with van der Waals surface area (Å²) in [6.07, 6.45) is 6.51. The molecule has 8 heteroatoms. The van der Waals surface area contributed by atoms with Gasteiger partial charge in [0.05, 0.1) is 31.6 Å². The Bertz CT molecular complexity index is 1290. The molecule has 0 unspecified atom stereocenters. The van der Waals surface area contributed by atoms with Gasteiger partial charge in [0, 0.05) is 12.5 Å². The predicted octanol–water partition coefficient (Wildman–Crippen LogP) is 7.09. The number of rotatable bonds is 18. The minimum Gasteiger partial charge on any atom is -0.494 e. The molecule has 0 spiro atoms. The molecule has 3 aromatic carbocycles. The number of hydrogen-bond donors (Lipinski definition) is 0. The number of ether oxygens (including phenoxy) is 5. The Hall–Kier alpha value is -4.85. The molecule has 8 nitrogen and oxygen atoms in total. The number of unbranched alkanes of at least 4 members (excludes halogenated alkanes) is 3. The summed E-state index contributed by atoms with van der Waals surface area (Å²) in [5.74, 6) is 0.702. The van der Waals surface area contributed by atoms with Crippen molar-refractivity contribution < 1.29 is 38.1 Å². The van der Waals surface area contributed by atoms with E-state index in [-0.39, 0.29) is 5.97 Å². The Labute approximate surface area is 246 Å². The van der Waals surface area contributed by atoms with Gasteiger partial charge in [-0.3, -0.25) is 4.79 Å². The first-order valence-corrected chi connectivity index (χ1v) is 13.9. The highest BCUT2D eigenvalue weighted by molar-refractivity contribution is 5.91. The summed E-state index contributed by atoms with van der Waals surface area (Å²) in [4.78, 5) is 34.9. The van der Waals surface area contributed by atoms with Gasteiger partial charge in [-0.2, -0.15) is 0 Å². The fourth-order valence-electron chi connectivity index (χ4n) is 3.83.